The lowest BCUT2D eigenvalue weighted by atomic mass is 10.3. The summed E-state index contributed by atoms with van der Waals surface area (Å²) in [6.07, 6.45) is 0.666. The molecule has 0 spiro atoms. The van der Waals surface area contributed by atoms with E-state index in [0.717, 1.165) is 0 Å². The van der Waals surface area contributed by atoms with Crippen LogP contribution in [0.3, 0.4) is 0 Å². The van der Waals surface area contributed by atoms with Crippen LogP contribution < -0.4 is 5.73 Å². The van der Waals surface area contributed by atoms with Crippen molar-refractivity contribution >= 4 is 11.8 Å². The second-order valence-corrected chi connectivity index (χ2v) is 2.33. The summed E-state index contributed by atoms with van der Waals surface area (Å²) in [7, 11) is 0. The summed E-state index contributed by atoms with van der Waals surface area (Å²) in [4.78, 5) is 22.7. The van der Waals surface area contributed by atoms with Crippen molar-refractivity contribution in [1.29, 1.82) is 0 Å². The molecule has 0 heterocycles. The second kappa shape index (κ2) is 4.85. The van der Waals surface area contributed by atoms with Crippen LogP contribution in [0.1, 0.15) is 20.3 Å². The number of carbonyl (C=O) groups is 2. The molecule has 0 rings (SSSR count). The number of imide groups is 1. The number of nitrogens with zero attached hydrogens (tertiary/aromatic N) is 1. The molecule has 0 saturated carbocycles. The van der Waals surface area contributed by atoms with E-state index < -0.39 is 0 Å². The van der Waals surface area contributed by atoms with Gasteiger partial charge in [-0.3, -0.25) is 14.5 Å². The van der Waals surface area contributed by atoms with Crippen LogP contribution in [0.5, 0.6) is 0 Å². The summed E-state index contributed by atoms with van der Waals surface area (Å²) in [6.45, 7) is 3.67. The zero-order chi connectivity index (χ0) is 8.85. The van der Waals surface area contributed by atoms with Gasteiger partial charge in [-0.2, -0.15) is 0 Å². The highest BCUT2D eigenvalue weighted by atomic mass is 16.2. The van der Waals surface area contributed by atoms with Gasteiger partial charge in [-0.1, -0.05) is 0 Å². The van der Waals surface area contributed by atoms with Gasteiger partial charge >= 0.3 is 0 Å². The maximum absolute atomic E-state index is 10.8. The molecule has 64 valence electrons. The van der Waals surface area contributed by atoms with Crippen molar-refractivity contribution in [3.05, 3.63) is 0 Å². The highest BCUT2D eigenvalue weighted by Gasteiger charge is 2.11. The van der Waals surface area contributed by atoms with E-state index in [4.69, 9.17) is 5.73 Å². The van der Waals surface area contributed by atoms with Gasteiger partial charge in [-0.25, -0.2) is 0 Å². The van der Waals surface area contributed by atoms with Crippen LogP contribution in [-0.4, -0.2) is 29.8 Å². The van der Waals surface area contributed by atoms with E-state index in [1.165, 1.54) is 18.7 Å². The molecule has 0 aliphatic carbocycles. The molecule has 4 nitrogen and oxygen atoms in total. The largest absolute Gasteiger partial charge is 0.330 e. The molecule has 2 amide bonds. The minimum atomic E-state index is -0.217. The second-order valence-electron chi connectivity index (χ2n) is 2.33. The molecule has 0 radical (unpaired) electrons. The monoisotopic (exact) mass is 158 g/mol. The van der Waals surface area contributed by atoms with Crippen molar-refractivity contribution in [1.82, 2.24) is 4.90 Å². The van der Waals surface area contributed by atoms with Crippen LogP contribution in [0.15, 0.2) is 0 Å². The van der Waals surface area contributed by atoms with Gasteiger partial charge in [-0.05, 0) is 13.0 Å². The molecule has 4 heteroatoms. The molecule has 0 aliphatic rings. The Labute approximate surface area is 66.4 Å². The Bertz CT molecular complexity index is 143. The molecule has 0 saturated heterocycles. The van der Waals surface area contributed by atoms with Gasteiger partial charge in [0.1, 0.15) is 0 Å². The molecular weight excluding hydrogens is 144 g/mol. The highest BCUT2D eigenvalue weighted by molar-refractivity contribution is 5.92. The number of rotatable bonds is 3. The first-order chi connectivity index (χ1) is 5.09. The van der Waals surface area contributed by atoms with Crippen molar-refractivity contribution < 1.29 is 9.59 Å². The predicted molar refractivity (Wildman–Crippen MR) is 41.7 cm³/mol. The molecule has 0 aromatic rings. The number of carbonyl (C=O) groups excluding carboxylic acids is 2. The van der Waals surface area contributed by atoms with Crippen molar-refractivity contribution in [3.63, 3.8) is 0 Å². The summed E-state index contributed by atoms with van der Waals surface area (Å²) in [5.41, 5.74) is 5.23. The zero-order valence-corrected chi connectivity index (χ0v) is 6.96. The fourth-order valence-electron chi connectivity index (χ4n) is 0.786. The Morgan fingerprint density at radius 1 is 1.27 bits per heavy atom. The first-order valence-corrected chi connectivity index (χ1v) is 3.58. The van der Waals surface area contributed by atoms with Gasteiger partial charge in [0.25, 0.3) is 0 Å². The van der Waals surface area contributed by atoms with Crippen LogP contribution in [0.25, 0.3) is 0 Å². The third kappa shape index (κ3) is 3.72. The summed E-state index contributed by atoms with van der Waals surface area (Å²) in [5.74, 6) is -0.433. The topological polar surface area (TPSA) is 63.4 Å². The third-order valence-corrected chi connectivity index (χ3v) is 1.35. The molecule has 0 aliphatic heterocycles. The normalized spacial score (nSPS) is 9.36. The fraction of sp³-hybridized carbons (Fsp3) is 0.714. The van der Waals surface area contributed by atoms with E-state index in [2.05, 4.69) is 0 Å². The molecule has 0 atom stereocenters. The lowest BCUT2D eigenvalue weighted by Gasteiger charge is -2.15. The Kier molecular flexibility index (Phi) is 4.45. The van der Waals surface area contributed by atoms with Crippen LogP contribution in [0, 0.1) is 0 Å². The van der Waals surface area contributed by atoms with Gasteiger partial charge in [0.2, 0.25) is 11.8 Å². The first kappa shape index (κ1) is 10.1. The van der Waals surface area contributed by atoms with Gasteiger partial charge in [0.05, 0.1) is 0 Å². The van der Waals surface area contributed by atoms with Crippen molar-refractivity contribution in [3.8, 4) is 0 Å². The average Bonchev–Trinajstić information content (AvgIpc) is 1.87. The van der Waals surface area contributed by atoms with Gasteiger partial charge < -0.3 is 5.73 Å². The maximum atomic E-state index is 10.8. The van der Waals surface area contributed by atoms with E-state index in [1.54, 1.807) is 0 Å². The lowest BCUT2D eigenvalue weighted by Crippen LogP contribution is -2.34. The Morgan fingerprint density at radius 3 is 2.00 bits per heavy atom. The summed E-state index contributed by atoms with van der Waals surface area (Å²) in [6, 6.07) is 0. The van der Waals surface area contributed by atoms with Gasteiger partial charge in [-0.15, -0.1) is 0 Å². The van der Waals surface area contributed by atoms with Gasteiger partial charge in [0.15, 0.2) is 0 Å². The molecule has 0 unspecified atom stereocenters. The minimum Gasteiger partial charge on any atom is -0.330 e. The first-order valence-electron chi connectivity index (χ1n) is 3.58. The van der Waals surface area contributed by atoms with Crippen molar-refractivity contribution in [2.45, 2.75) is 20.3 Å². The molecule has 0 fully saturated rings. The standard InChI is InChI=1S/C7H14N2O2/c1-6(10)9(7(2)11)5-3-4-8/h3-5,8H2,1-2H3. The molecule has 0 aromatic carbocycles. The average molecular weight is 158 g/mol. The molecular formula is C7H14N2O2. The smallest absolute Gasteiger partial charge is 0.226 e. The molecule has 0 bridgehead atoms. The number of hydrogen-bond acceptors (Lipinski definition) is 3. The predicted octanol–water partition coefficient (Wildman–Crippen LogP) is -0.270. The number of amides is 2. The fourth-order valence-corrected chi connectivity index (χ4v) is 0.786. The maximum Gasteiger partial charge on any atom is 0.226 e. The summed E-state index contributed by atoms with van der Waals surface area (Å²) in [5, 5.41) is 0. The molecule has 11 heavy (non-hydrogen) atoms. The van der Waals surface area contributed by atoms with Crippen LogP contribution >= 0.6 is 0 Å². The van der Waals surface area contributed by atoms with E-state index >= 15 is 0 Å². The SMILES string of the molecule is CC(=O)N(CCCN)C(C)=O. The van der Waals surface area contributed by atoms with Gasteiger partial charge in [0, 0.05) is 20.4 Å². The van der Waals surface area contributed by atoms with E-state index in [9.17, 15) is 9.59 Å². The summed E-state index contributed by atoms with van der Waals surface area (Å²) < 4.78 is 0. The van der Waals surface area contributed by atoms with Crippen molar-refractivity contribution in [2.24, 2.45) is 5.73 Å². The lowest BCUT2D eigenvalue weighted by molar-refractivity contribution is -0.142. The minimum absolute atomic E-state index is 0.217. The molecule has 2 N–H and O–H groups in total. The number of hydrogen-bond donors (Lipinski definition) is 1. The third-order valence-electron chi connectivity index (χ3n) is 1.35. The van der Waals surface area contributed by atoms with E-state index in [-0.39, 0.29) is 11.8 Å². The van der Waals surface area contributed by atoms with Crippen LogP contribution in [0.2, 0.25) is 0 Å². The zero-order valence-electron chi connectivity index (χ0n) is 6.96. The Balaban J connectivity index is 3.90. The summed E-state index contributed by atoms with van der Waals surface area (Å²) >= 11 is 0. The van der Waals surface area contributed by atoms with E-state index in [0.29, 0.717) is 19.5 Å². The van der Waals surface area contributed by atoms with E-state index in [1.807, 2.05) is 0 Å². The Morgan fingerprint density at radius 2 is 1.73 bits per heavy atom. The number of nitrogens with two attached hydrogens (primary N) is 1. The van der Waals surface area contributed by atoms with Crippen LogP contribution in [-0.2, 0) is 9.59 Å². The molecule has 0 aromatic heterocycles. The van der Waals surface area contributed by atoms with Crippen LogP contribution in [0.4, 0.5) is 0 Å². The van der Waals surface area contributed by atoms with Crippen molar-refractivity contribution in [2.75, 3.05) is 13.1 Å². The quantitative estimate of drug-likeness (QED) is 0.615. The highest BCUT2D eigenvalue weighted by Crippen LogP contribution is 1.92. The Hall–Kier alpha value is -0.900.